The molecule has 154 valence electrons. The number of benzene rings is 2. The molecule has 0 radical (unpaired) electrons. The molecule has 2 aromatic carbocycles. The second-order valence-corrected chi connectivity index (χ2v) is 6.13. The van der Waals surface area contributed by atoms with Gasteiger partial charge in [-0.15, -0.1) is 24.0 Å². The summed E-state index contributed by atoms with van der Waals surface area (Å²) in [7, 11) is 3.24. The maximum atomic E-state index is 13.2. The fraction of sp³-hybridized carbons (Fsp3) is 0.381. The molecule has 5 nitrogen and oxygen atoms in total. The summed E-state index contributed by atoms with van der Waals surface area (Å²) < 4.78 is 23.8. The second-order valence-electron chi connectivity index (χ2n) is 6.13. The van der Waals surface area contributed by atoms with Crippen LogP contribution in [0.1, 0.15) is 23.6 Å². The molecule has 7 heteroatoms. The Morgan fingerprint density at radius 1 is 1.04 bits per heavy atom. The number of nitrogens with zero attached hydrogens (tertiary/aromatic N) is 1. The first kappa shape index (κ1) is 24.0. The molecule has 0 aliphatic carbocycles. The smallest absolute Gasteiger partial charge is 0.191 e. The standard InChI is InChI=1S/C21H28FN3O2.HI/c1-5-23-21(24-11-10-17-7-8-18(22)12-15(17)2)25-14-16-6-9-19(26-3)20(13-16)27-4;/h6-9,12-13H,5,10-11,14H2,1-4H3,(H2,23,24,25);1H. The molecule has 0 aromatic heterocycles. The highest BCUT2D eigenvalue weighted by Gasteiger charge is 2.05. The van der Waals surface area contributed by atoms with Gasteiger partial charge in [-0.1, -0.05) is 12.1 Å². The topological polar surface area (TPSA) is 54.9 Å². The molecule has 0 spiro atoms. The molecular formula is C21H29FIN3O2. The van der Waals surface area contributed by atoms with Crippen LogP contribution in [0.2, 0.25) is 0 Å². The van der Waals surface area contributed by atoms with Crippen molar-refractivity contribution in [3.05, 3.63) is 58.9 Å². The minimum absolute atomic E-state index is 0. The summed E-state index contributed by atoms with van der Waals surface area (Å²) in [5.74, 6) is 1.93. The highest BCUT2D eigenvalue weighted by molar-refractivity contribution is 14.0. The third-order valence-corrected chi connectivity index (χ3v) is 4.20. The summed E-state index contributed by atoms with van der Waals surface area (Å²) in [5, 5.41) is 6.56. The lowest BCUT2D eigenvalue weighted by Gasteiger charge is -2.13. The average Bonchev–Trinajstić information content (AvgIpc) is 2.67. The van der Waals surface area contributed by atoms with E-state index in [1.54, 1.807) is 20.3 Å². The molecule has 28 heavy (non-hydrogen) atoms. The number of aryl methyl sites for hydroxylation is 1. The predicted molar refractivity (Wildman–Crippen MR) is 123 cm³/mol. The van der Waals surface area contributed by atoms with Gasteiger partial charge in [0.1, 0.15) is 5.82 Å². The van der Waals surface area contributed by atoms with E-state index in [9.17, 15) is 4.39 Å². The van der Waals surface area contributed by atoms with Crippen LogP contribution in [0, 0.1) is 12.7 Å². The van der Waals surface area contributed by atoms with E-state index in [2.05, 4.69) is 15.6 Å². The Labute approximate surface area is 183 Å². The van der Waals surface area contributed by atoms with Gasteiger partial charge in [-0.05, 0) is 61.2 Å². The Morgan fingerprint density at radius 3 is 2.43 bits per heavy atom. The number of rotatable bonds is 8. The summed E-state index contributed by atoms with van der Waals surface area (Å²) >= 11 is 0. The Bertz CT molecular complexity index is 784. The van der Waals surface area contributed by atoms with Gasteiger partial charge in [0, 0.05) is 13.1 Å². The van der Waals surface area contributed by atoms with E-state index in [0.717, 1.165) is 35.6 Å². The largest absolute Gasteiger partial charge is 0.493 e. The molecule has 0 unspecified atom stereocenters. The van der Waals surface area contributed by atoms with Crippen molar-refractivity contribution in [3.63, 3.8) is 0 Å². The Kier molecular flexibility index (Phi) is 10.7. The lowest BCUT2D eigenvalue weighted by Crippen LogP contribution is -2.38. The average molecular weight is 501 g/mol. The summed E-state index contributed by atoms with van der Waals surface area (Å²) in [6.45, 7) is 5.95. The van der Waals surface area contributed by atoms with Crippen molar-refractivity contribution in [2.24, 2.45) is 4.99 Å². The highest BCUT2D eigenvalue weighted by Crippen LogP contribution is 2.27. The zero-order chi connectivity index (χ0) is 19.6. The van der Waals surface area contributed by atoms with Crippen LogP contribution in [0.5, 0.6) is 11.5 Å². The van der Waals surface area contributed by atoms with E-state index in [0.29, 0.717) is 24.6 Å². The van der Waals surface area contributed by atoms with Crippen LogP contribution in [0.4, 0.5) is 4.39 Å². The van der Waals surface area contributed by atoms with Crippen molar-refractivity contribution in [3.8, 4) is 11.5 Å². The van der Waals surface area contributed by atoms with E-state index in [1.165, 1.54) is 6.07 Å². The summed E-state index contributed by atoms with van der Waals surface area (Å²) in [6.07, 6.45) is 0.798. The lowest BCUT2D eigenvalue weighted by molar-refractivity contribution is 0.354. The van der Waals surface area contributed by atoms with Gasteiger partial charge in [0.05, 0.1) is 20.8 Å². The van der Waals surface area contributed by atoms with E-state index in [-0.39, 0.29) is 29.8 Å². The first-order valence-electron chi connectivity index (χ1n) is 9.05. The third kappa shape index (κ3) is 7.18. The molecule has 0 saturated carbocycles. The number of nitrogens with one attached hydrogen (secondary N) is 2. The van der Waals surface area contributed by atoms with Crippen molar-refractivity contribution >= 4 is 29.9 Å². The van der Waals surface area contributed by atoms with Gasteiger partial charge in [0.25, 0.3) is 0 Å². The second kappa shape index (κ2) is 12.4. The number of aliphatic imine (C=N–C) groups is 1. The molecule has 0 heterocycles. The Balaban J connectivity index is 0.00000392. The van der Waals surface area contributed by atoms with Gasteiger partial charge >= 0.3 is 0 Å². The zero-order valence-corrected chi connectivity index (χ0v) is 19.2. The van der Waals surface area contributed by atoms with Crippen molar-refractivity contribution in [2.75, 3.05) is 27.3 Å². The maximum Gasteiger partial charge on any atom is 0.191 e. The minimum Gasteiger partial charge on any atom is -0.493 e. The van der Waals surface area contributed by atoms with Crippen LogP contribution in [0.25, 0.3) is 0 Å². The van der Waals surface area contributed by atoms with E-state index >= 15 is 0 Å². The van der Waals surface area contributed by atoms with Gasteiger partial charge < -0.3 is 20.1 Å². The molecule has 0 atom stereocenters. The van der Waals surface area contributed by atoms with Gasteiger partial charge in [-0.25, -0.2) is 9.38 Å². The molecule has 0 saturated heterocycles. The number of methoxy groups -OCH3 is 2. The van der Waals surface area contributed by atoms with E-state index in [1.807, 2.05) is 38.1 Å². The van der Waals surface area contributed by atoms with Crippen LogP contribution in [0.15, 0.2) is 41.4 Å². The van der Waals surface area contributed by atoms with E-state index < -0.39 is 0 Å². The number of hydrogen-bond acceptors (Lipinski definition) is 3. The third-order valence-electron chi connectivity index (χ3n) is 4.20. The monoisotopic (exact) mass is 501 g/mol. The minimum atomic E-state index is -0.200. The number of guanidine groups is 1. The van der Waals surface area contributed by atoms with Crippen LogP contribution < -0.4 is 20.1 Å². The summed E-state index contributed by atoms with van der Waals surface area (Å²) in [4.78, 5) is 4.62. The van der Waals surface area contributed by atoms with Crippen LogP contribution in [0.3, 0.4) is 0 Å². The van der Waals surface area contributed by atoms with Crippen molar-refractivity contribution in [1.82, 2.24) is 10.6 Å². The molecular weight excluding hydrogens is 472 g/mol. The van der Waals surface area contributed by atoms with Crippen LogP contribution in [-0.4, -0.2) is 33.3 Å². The molecule has 2 aromatic rings. The van der Waals surface area contributed by atoms with Gasteiger partial charge in [0.15, 0.2) is 17.5 Å². The summed E-state index contributed by atoms with van der Waals surface area (Å²) in [6, 6.07) is 10.7. The van der Waals surface area contributed by atoms with Gasteiger partial charge in [0.2, 0.25) is 0 Å². The fourth-order valence-corrected chi connectivity index (χ4v) is 2.75. The molecule has 0 aliphatic rings. The Morgan fingerprint density at radius 2 is 1.79 bits per heavy atom. The number of halogens is 2. The normalized spacial score (nSPS) is 10.8. The lowest BCUT2D eigenvalue weighted by atomic mass is 10.1. The Hall–Kier alpha value is -2.03. The van der Waals surface area contributed by atoms with Crippen LogP contribution in [-0.2, 0) is 13.0 Å². The molecule has 2 N–H and O–H groups in total. The maximum absolute atomic E-state index is 13.2. The number of hydrogen-bond donors (Lipinski definition) is 2. The first-order valence-corrected chi connectivity index (χ1v) is 9.05. The van der Waals surface area contributed by atoms with Crippen LogP contribution >= 0.6 is 24.0 Å². The first-order chi connectivity index (χ1) is 13.1. The van der Waals surface area contributed by atoms with Crippen molar-refractivity contribution in [1.29, 1.82) is 0 Å². The summed E-state index contributed by atoms with van der Waals surface area (Å²) in [5.41, 5.74) is 3.11. The molecule has 0 fully saturated rings. The molecule has 0 aliphatic heterocycles. The zero-order valence-electron chi connectivity index (χ0n) is 16.8. The predicted octanol–water partition coefficient (Wildman–Crippen LogP) is 4.07. The number of ether oxygens (including phenoxy) is 2. The fourth-order valence-electron chi connectivity index (χ4n) is 2.75. The van der Waals surface area contributed by atoms with Gasteiger partial charge in [-0.3, -0.25) is 0 Å². The molecule has 2 rings (SSSR count). The van der Waals surface area contributed by atoms with Crippen molar-refractivity contribution in [2.45, 2.75) is 26.8 Å². The van der Waals surface area contributed by atoms with Crippen molar-refractivity contribution < 1.29 is 13.9 Å². The van der Waals surface area contributed by atoms with Gasteiger partial charge in [-0.2, -0.15) is 0 Å². The molecule has 0 amide bonds. The SMILES string of the molecule is CCNC(=NCc1ccc(OC)c(OC)c1)NCCc1ccc(F)cc1C.I. The highest BCUT2D eigenvalue weighted by atomic mass is 127. The quantitative estimate of drug-likeness (QED) is 0.326. The van der Waals surface area contributed by atoms with E-state index in [4.69, 9.17) is 9.47 Å². The molecule has 0 bridgehead atoms.